The third kappa shape index (κ3) is 6.45. The van der Waals surface area contributed by atoms with Gasteiger partial charge in [-0.2, -0.15) is 0 Å². The van der Waals surface area contributed by atoms with Gasteiger partial charge in [-0.3, -0.25) is 14.9 Å². The summed E-state index contributed by atoms with van der Waals surface area (Å²) in [6.45, 7) is 3.78. The lowest BCUT2D eigenvalue weighted by Crippen LogP contribution is -2.23. The van der Waals surface area contributed by atoms with Crippen LogP contribution in [0, 0.1) is 0 Å². The maximum Gasteiger partial charge on any atom is 0.341 e. The molecule has 13 heteroatoms. The number of thiophene rings is 1. The summed E-state index contributed by atoms with van der Waals surface area (Å²) in [6, 6.07) is 4.85. The second-order valence-corrected chi connectivity index (χ2v) is 12.0. The number of nitrogens with zero attached hydrogens (tertiary/aromatic N) is 2. The molecular weight excluding hydrogens is 548 g/mol. The van der Waals surface area contributed by atoms with Crippen LogP contribution < -0.4 is 20.1 Å². The first-order valence-corrected chi connectivity index (χ1v) is 14.5. The number of nitrogens with one attached hydrogen (secondary N) is 2. The summed E-state index contributed by atoms with van der Waals surface area (Å²) in [7, 11) is 3.01. The Morgan fingerprint density at radius 1 is 1.03 bits per heavy atom. The Labute approximate surface area is 232 Å². The maximum atomic E-state index is 13.0. The first-order valence-electron chi connectivity index (χ1n) is 12.0. The molecule has 1 atom stereocenters. The molecule has 1 unspecified atom stereocenters. The largest absolute Gasteiger partial charge is 0.497 e. The van der Waals surface area contributed by atoms with Crippen molar-refractivity contribution in [3.05, 3.63) is 39.8 Å². The van der Waals surface area contributed by atoms with E-state index in [1.165, 1.54) is 37.3 Å². The van der Waals surface area contributed by atoms with Crippen molar-refractivity contribution < 1.29 is 28.6 Å². The first kappa shape index (κ1) is 27.9. The molecule has 0 bridgehead atoms. The van der Waals surface area contributed by atoms with E-state index in [4.69, 9.17) is 14.2 Å². The molecule has 0 aliphatic heterocycles. The molecule has 1 aliphatic rings. The van der Waals surface area contributed by atoms with Crippen LogP contribution in [0.15, 0.2) is 22.5 Å². The van der Waals surface area contributed by atoms with Gasteiger partial charge in [-0.1, -0.05) is 23.1 Å². The van der Waals surface area contributed by atoms with E-state index in [9.17, 15) is 14.4 Å². The van der Waals surface area contributed by atoms with Gasteiger partial charge in [0.2, 0.25) is 11.0 Å². The number of hydrogen-bond acceptors (Lipinski definition) is 11. The number of carbonyl (C=O) groups is 3. The Kier molecular flexibility index (Phi) is 9.23. The standard InChI is InChI=1S/C25H28N4O6S3/c1-5-35-23(32)19-17-8-6-7-9-18(17)37-22(19)26-20(30)13(2)36-25-29-28-24(38-25)27-21(31)14-10-15(33-3)12-16(11-14)34-4/h10-13H,5-9H2,1-4H3,(H,26,30)(H,27,28,31). The molecule has 202 valence electrons. The molecule has 2 N–H and O–H groups in total. The summed E-state index contributed by atoms with van der Waals surface area (Å²) in [5.41, 5.74) is 1.81. The van der Waals surface area contributed by atoms with E-state index in [1.807, 2.05) is 0 Å². The van der Waals surface area contributed by atoms with Gasteiger partial charge < -0.3 is 19.5 Å². The fraction of sp³-hybridized carbons (Fsp3) is 0.400. The van der Waals surface area contributed by atoms with Crippen LogP contribution in [0.3, 0.4) is 0 Å². The number of esters is 1. The minimum atomic E-state index is -0.525. The molecule has 4 rings (SSSR count). The highest BCUT2D eigenvalue weighted by Crippen LogP contribution is 2.39. The number of aryl methyl sites for hydroxylation is 1. The topological polar surface area (TPSA) is 129 Å². The Morgan fingerprint density at radius 3 is 2.42 bits per heavy atom. The number of benzene rings is 1. The van der Waals surface area contributed by atoms with Crippen molar-refractivity contribution in [1.29, 1.82) is 0 Å². The number of thioether (sulfide) groups is 1. The molecule has 3 aromatic rings. The van der Waals surface area contributed by atoms with Gasteiger partial charge in [0.1, 0.15) is 16.5 Å². The minimum Gasteiger partial charge on any atom is -0.497 e. The zero-order chi connectivity index (χ0) is 27.2. The zero-order valence-electron chi connectivity index (χ0n) is 21.4. The van der Waals surface area contributed by atoms with Crippen molar-refractivity contribution in [3.63, 3.8) is 0 Å². The summed E-state index contributed by atoms with van der Waals surface area (Å²) in [5, 5.41) is 14.1. The van der Waals surface area contributed by atoms with E-state index in [-0.39, 0.29) is 12.5 Å². The Balaban J connectivity index is 1.41. The molecule has 2 amide bonds. The zero-order valence-corrected chi connectivity index (χ0v) is 23.9. The fourth-order valence-corrected chi connectivity index (χ4v) is 7.08. The van der Waals surface area contributed by atoms with Crippen molar-refractivity contribution in [2.45, 2.75) is 49.1 Å². The van der Waals surface area contributed by atoms with E-state index in [1.54, 1.807) is 32.0 Å². The van der Waals surface area contributed by atoms with Crippen LogP contribution in [0.1, 0.15) is 57.8 Å². The molecule has 1 aliphatic carbocycles. The van der Waals surface area contributed by atoms with Crippen molar-refractivity contribution in [1.82, 2.24) is 10.2 Å². The predicted octanol–water partition coefficient (Wildman–Crippen LogP) is 5.04. The summed E-state index contributed by atoms with van der Waals surface area (Å²) in [6.07, 6.45) is 3.78. The molecule has 0 radical (unpaired) electrons. The van der Waals surface area contributed by atoms with Gasteiger partial charge in [0.25, 0.3) is 5.91 Å². The lowest BCUT2D eigenvalue weighted by molar-refractivity contribution is -0.115. The molecule has 0 saturated carbocycles. The van der Waals surface area contributed by atoms with Gasteiger partial charge >= 0.3 is 5.97 Å². The van der Waals surface area contributed by atoms with Crippen molar-refractivity contribution in [2.24, 2.45) is 0 Å². The second kappa shape index (κ2) is 12.6. The van der Waals surface area contributed by atoms with Crippen molar-refractivity contribution >= 4 is 62.4 Å². The number of ether oxygens (including phenoxy) is 3. The molecule has 2 aromatic heterocycles. The quantitative estimate of drug-likeness (QED) is 0.194. The number of aromatic nitrogens is 2. The van der Waals surface area contributed by atoms with E-state index in [2.05, 4.69) is 20.8 Å². The number of anilines is 2. The maximum absolute atomic E-state index is 13.0. The highest BCUT2D eigenvalue weighted by molar-refractivity contribution is 8.02. The fourth-order valence-electron chi connectivity index (χ4n) is 3.91. The summed E-state index contributed by atoms with van der Waals surface area (Å²) >= 11 is 3.82. The van der Waals surface area contributed by atoms with Crippen LogP contribution in [-0.2, 0) is 22.4 Å². The van der Waals surface area contributed by atoms with Crippen LogP contribution >= 0.6 is 34.4 Å². The van der Waals surface area contributed by atoms with E-state index >= 15 is 0 Å². The highest BCUT2D eigenvalue weighted by Gasteiger charge is 2.28. The normalized spacial score (nSPS) is 13.3. The predicted molar refractivity (Wildman–Crippen MR) is 148 cm³/mol. The van der Waals surface area contributed by atoms with Crippen LogP contribution in [0.25, 0.3) is 0 Å². The third-order valence-corrected chi connectivity index (χ3v) is 9.01. The smallest absolute Gasteiger partial charge is 0.341 e. The van der Waals surface area contributed by atoms with Gasteiger partial charge in [0.15, 0.2) is 4.34 Å². The molecule has 10 nitrogen and oxygen atoms in total. The monoisotopic (exact) mass is 576 g/mol. The average Bonchev–Trinajstić information content (AvgIpc) is 3.51. The average molecular weight is 577 g/mol. The van der Waals surface area contributed by atoms with Crippen LogP contribution in [-0.4, -0.2) is 54.1 Å². The van der Waals surface area contributed by atoms with Crippen molar-refractivity contribution in [2.75, 3.05) is 31.5 Å². The molecular formula is C25H28N4O6S3. The van der Waals surface area contributed by atoms with Crippen LogP contribution in [0.5, 0.6) is 11.5 Å². The minimum absolute atomic E-state index is 0.261. The SMILES string of the molecule is CCOC(=O)c1c(NC(=O)C(C)Sc2nnc(NC(=O)c3cc(OC)cc(OC)c3)s2)sc2c1CCCC2. The van der Waals surface area contributed by atoms with Crippen LogP contribution in [0.4, 0.5) is 10.1 Å². The second-order valence-electron chi connectivity index (χ2n) is 8.31. The van der Waals surface area contributed by atoms with Gasteiger partial charge in [0, 0.05) is 16.5 Å². The summed E-state index contributed by atoms with van der Waals surface area (Å²) in [4.78, 5) is 39.6. The van der Waals surface area contributed by atoms with Gasteiger partial charge in [0.05, 0.1) is 31.6 Å². The van der Waals surface area contributed by atoms with E-state index < -0.39 is 17.1 Å². The van der Waals surface area contributed by atoms with Gasteiger partial charge in [-0.25, -0.2) is 4.79 Å². The molecule has 0 saturated heterocycles. The summed E-state index contributed by atoms with van der Waals surface area (Å²) < 4.78 is 16.2. The number of fused-ring (bicyclic) bond motifs is 1. The van der Waals surface area contributed by atoms with Gasteiger partial charge in [-0.05, 0) is 57.2 Å². The molecule has 38 heavy (non-hydrogen) atoms. The van der Waals surface area contributed by atoms with Crippen LogP contribution in [0.2, 0.25) is 0 Å². The first-order chi connectivity index (χ1) is 18.3. The number of rotatable bonds is 10. The van der Waals surface area contributed by atoms with Gasteiger partial charge in [-0.15, -0.1) is 21.5 Å². The molecule has 2 heterocycles. The van der Waals surface area contributed by atoms with E-state index in [0.717, 1.165) is 47.5 Å². The molecule has 0 spiro atoms. The third-order valence-electron chi connectivity index (χ3n) is 5.77. The Hall–Kier alpha value is -3.16. The highest BCUT2D eigenvalue weighted by atomic mass is 32.2. The van der Waals surface area contributed by atoms with Crippen molar-refractivity contribution in [3.8, 4) is 11.5 Å². The number of hydrogen-bond donors (Lipinski definition) is 2. The Morgan fingerprint density at radius 2 is 1.74 bits per heavy atom. The summed E-state index contributed by atoms with van der Waals surface area (Å²) in [5.74, 6) is -0.0842. The Bertz CT molecular complexity index is 1320. The lowest BCUT2D eigenvalue weighted by atomic mass is 9.95. The number of amides is 2. The molecule has 0 fully saturated rings. The lowest BCUT2D eigenvalue weighted by Gasteiger charge is -2.13. The van der Waals surface area contributed by atoms with E-state index in [0.29, 0.717) is 37.1 Å². The number of methoxy groups -OCH3 is 2. The number of carbonyl (C=O) groups excluding carboxylic acids is 3. The molecule has 1 aromatic carbocycles.